The van der Waals surface area contributed by atoms with Gasteiger partial charge in [-0.05, 0) is 46.3 Å². The van der Waals surface area contributed by atoms with Crippen LogP contribution in [0.15, 0.2) is 53.1 Å². The summed E-state index contributed by atoms with van der Waals surface area (Å²) in [4.78, 5) is 11.5. The van der Waals surface area contributed by atoms with E-state index in [1.165, 1.54) is 0 Å². The van der Waals surface area contributed by atoms with Gasteiger partial charge in [0.25, 0.3) is 0 Å². The monoisotopic (exact) mass is 406 g/mol. The molecule has 126 valence electrons. The van der Waals surface area contributed by atoms with Crippen LogP contribution in [0.25, 0.3) is 21.9 Å². The number of rotatable bonds is 2. The summed E-state index contributed by atoms with van der Waals surface area (Å²) in [7, 11) is 0. The van der Waals surface area contributed by atoms with E-state index >= 15 is 0 Å². The number of nitrogens with zero attached hydrogens (tertiary/aromatic N) is 2. The van der Waals surface area contributed by atoms with E-state index in [1.807, 2.05) is 30.3 Å². The van der Waals surface area contributed by atoms with E-state index in [4.69, 9.17) is 0 Å². The fourth-order valence-corrected chi connectivity index (χ4v) is 3.12. The maximum atomic E-state index is 12.9. The van der Waals surface area contributed by atoms with Crippen LogP contribution in [0, 0.1) is 0 Å². The molecule has 4 nitrogen and oxygen atoms in total. The number of pyridine rings is 1. The van der Waals surface area contributed by atoms with Crippen molar-refractivity contribution < 1.29 is 13.2 Å². The molecule has 0 aliphatic rings. The molecule has 0 radical (unpaired) electrons. The quantitative estimate of drug-likeness (QED) is 0.453. The molecule has 2 aromatic heterocycles. The SMILES string of the molecule is FC(F)(F)c1cc(Br)c2[nH]c(Nc3ccc4cccnc4c3)nc2c1. The maximum absolute atomic E-state index is 12.9. The zero-order valence-electron chi connectivity index (χ0n) is 12.5. The van der Waals surface area contributed by atoms with Gasteiger partial charge in [0, 0.05) is 21.7 Å². The minimum Gasteiger partial charge on any atom is -0.326 e. The molecule has 2 aromatic carbocycles. The molecule has 0 saturated carbocycles. The number of benzene rings is 2. The predicted molar refractivity (Wildman–Crippen MR) is 93.8 cm³/mol. The molecule has 0 aliphatic carbocycles. The van der Waals surface area contributed by atoms with Crippen molar-refractivity contribution in [3.63, 3.8) is 0 Å². The zero-order chi connectivity index (χ0) is 17.6. The standard InChI is InChI=1S/C17H10BrF3N4/c18-12-6-10(17(19,20)21)7-14-15(12)25-16(24-14)23-11-4-3-9-2-1-5-22-13(9)8-11/h1-8H,(H2,23,24,25). The first kappa shape index (κ1) is 15.9. The van der Waals surface area contributed by atoms with Crippen LogP contribution in [0.5, 0.6) is 0 Å². The van der Waals surface area contributed by atoms with Crippen LogP contribution in [0.2, 0.25) is 0 Å². The van der Waals surface area contributed by atoms with Gasteiger partial charge in [0.1, 0.15) is 0 Å². The van der Waals surface area contributed by atoms with Gasteiger partial charge < -0.3 is 10.3 Å². The fraction of sp³-hybridized carbons (Fsp3) is 0.0588. The topological polar surface area (TPSA) is 53.6 Å². The van der Waals surface area contributed by atoms with E-state index in [1.54, 1.807) is 6.20 Å². The summed E-state index contributed by atoms with van der Waals surface area (Å²) in [5, 5.41) is 4.06. The van der Waals surface area contributed by atoms with Gasteiger partial charge in [-0.3, -0.25) is 4.98 Å². The highest BCUT2D eigenvalue weighted by molar-refractivity contribution is 9.10. The molecule has 2 N–H and O–H groups in total. The highest BCUT2D eigenvalue weighted by atomic mass is 79.9. The van der Waals surface area contributed by atoms with Gasteiger partial charge in [0.05, 0.1) is 22.1 Å². The Balaban J connectivity index is 1.72. The minimum absolute atomic E-state index is 0.225. The number of aromatic amines is 1. The number of hydrogen-bond donors (Lipinski definition) is 2. The second-order valence-electron chi connectivity index (χ2n) is 5.47. The van der Waals surface area contributed by atoms with Gasteiger partial charge in [-0.15, -0.1) is 0 Å². The lowest BCUT2D eigenvalue weighted by atomic mass is 10.2. The molecule has 0 saturated heterocycles. The van der Waals surface area contributed by atoms with Gasteiger partial charge in [0.15, 0.2) is 0 Å². The number of imidazole rings is 1. The van der Waals surface area contributed by atoms with Crippen molar-refractivity contribution in [3.8, 4) is 0 Å². The van der Waals surface area contributed by atoms with Crippen LogP contribution >= 0.6 is 15.9 Å². The van der Waals surface area contributed by atoms with Crippen LogP contribution in [-0.2, 0) is 6.18 Å². The molecule has 8 heteroatoms. The van der Waals surface area contributed by atoms with Crippen LogP contribution in [-0.4, -0.2) is 15.0 Å². The van der Waals surface area contributed by atoms with Crippen LogP contribution in [0.1, 0.15) is 5.56 Å². The molecule has 0 fully saturated rings. The molecule has 0 aliphatic heterocycles. The summed E-state index contributed by atoms with van der Waals surface area (Å²) in [6, 6.07) is 11.5. The molecule has 0 atom stereocenters. The van der Waals surface area contributed by atoms with E-state index < -0.39 is 11.7 Å². The van der Waals surface area contributed by atoms with E-state index in [0.717, 1.165) is 28.7 Å². The summed E-state index contributed by atoms with van der Waals surface area (Å²) >= 11 is 3.16. The number of halogens is 4. The Morgan fingerprint density at radius 1 is 1.04 bits per heavy atom. The first-order valence-corrected chi connectivity index (χ1v) is 8.08. The number of hydrogen-bond acceptors (Lipinski definition) is 3. The third-order valence-corrected chi connectivity index (χ3v) is 4.37. The maximum Gasteiger partial charge on any atom is 0.416 e. The summed E-state index contributed by atoms with van der Waals surface area (Å²) in [5.41, 5.74) is 1.51. The minimum atomic E-state index is -4.42. The molecule has 0 spiro atoms. The highest BCUT2D eigenvalue weighted by Crippen LogP contribution is 2.35. The summed E-state index contributed by atoms with van der Waals surface area (Å²) in [6.45, 7) is 0. The number of nitrogens with one attached hydrogen (secondary N) is 2. The lowest BCUT2D eigenvalue weighted by Gasteiger charge is -2.06. The van der Waals surface area contributed by atoms with E-state index in [2.05, 4.69) is 36.2 Å². The average Bonchev–Trinajstić information content (AvgIpc) is 2.97. The Hall–Kier alpha value is -2.61. The Morgan fingerprint density at radius 3 is 2.68 bits per heavy atom. The van der Waals surface area contributed by atoms with Crippen LogP contribution < -0.4 is 5.32 Å². The van der Waals surface area contributed by atoms with Crippen molar-refractivity contribution >= 4 is 49.5 Å². The van der Waals surface area contributed by atoms with Crippen molar-refractivity contribution in [3.05, 3.63) is 58.7 Å². The molecule has 0 unspecified atom stereocenters. The first-order valence-electron chi connectivity index (χ1n) is 7.28. The third-order valence-electron chi connectivity index (χ3n) is 3.74. The number of H-pyrrole nitrogens is 1. The van der Waals surface area contributed by atoms with Crippen LogP contribution in [0.4, 0.5) is 24.8 Å². The van der Waals surface area contributed by atoms with Gasteiger partial charge >= 0.3 is 6.18 Å². The Bertz CT molecular complexity index is 1090. The molecule has 2 heterocycles. The lowest BCUT2D eigenvalue weighted by Crippen LogP contribution is -2.04. The van der Waals surface area contributed by atoms with Gasteiger partial charge in [-0.1, -0.05) is 12.1 Å². The number of anilines is 2. The fourth-order valence-electron chi connectivity index (χ4n) is 2.57. The number of fused-ring (bicyclic) bond motifs is 2. The van der Waals surface area contributed by atoms with E-state index in [0.29, 0.717) is 15.9 Å². The van der Waals surface area contributed by atoms with Crippen molar-refractivity contribution in [1.29, 1.82) is 0 Å². The Labute approximate surface area is 148 Å². The van der Waals surface area contributed by atoms with Gasteiger partial charge in [-0.25, -0.2) is 4.98 Å². The lowest BCUT2D eigenvalue weighted by molar-refractivity contribution is -0.137. The zero-order valence-corrected chi connectivity index (χ0v) is 14.1. The second kappa shape index (κ2) is 5.73. The molecular formula is C17H10BrF3N4. The largest absolute Gasteiger partial charge is 0.416 e. The predicted octanol–water partition coefficient (Wildman–Crippen LogP) is 5.64. The van der Waals surface area contributed by atoms with Gasteiger partial charge in [-0.2, -0.15) is 13.2 Å². The van der Waals surface area contributed by atoms with E-state index in [9.17, 15) is 13.2 Å². The molecule has 25 heavy (non-hydrogen) atoms. The molecule has 4 rings (SSSR count). The Kier molecular flexibility index (Phi) is 3.64. The first-order chi connectivity index (χ1) is 11.9. The van der Waals surface area contributed by atoms with Crippen molar-refractivity contribution in [2.75, 3.05) is 5.32 Å². The number of alkyl halides is 3. The number of aromatic nitrogens is 3. The summed E-state index contributed by atoms with van der Waals surface area (Å²) < 4.78 is 39.1. The summed E-state index contributed by atoms with van der Waals surface area (Å²) in [5.74, 6) is 0.352. The molecular weight excluding hydrogens is 397 g/mol. The molecule has 4 aromatic rings. The van der Waals surface area contributed by atoms with Crippen LogP contribution in [0.3, 0.4) is 0 Å². The van der Waals surface area contributed by atoms with Gasteiger partial charge in [0.2, 0.25) is 5.95 Å². The molecule has 0 bridgehead atoms. The normalized spacial score (nSPS) is 12.0. The van der Waals surface area contributed by atoms with Crippen molar-refractivity contribution in [1.82, 2.24) is 15.0 Å². The van der Waals surface area contributed by atoms with Crippen molar-refractivity contribution in [2.24, 2.45) is 0 Å². The smallest absolute Gasteiger partial charge is 0.326 e. The van der Waals surface area contributed by atoms with Crippen molar-refractivity contribution in [2.45, 2.75) is 6.18 Å². The van der Waals surface area contributed by atoms with E-state index in [-0.39, 0.29) is 5.52 Å². The molecule has 0 amide bonds. The average molecular weight is 407 g/mol. The highest BCUT2D eigenvalue weighted by Gasteiger charge is 2.31. The second-order valence-corrected chi connectivity index (χ2v) is 6.33. The Morgan fingerprint density at radius 2 is 1.88 bits per heavy atom. The summed E-state index contributed by atoms with van der Waals surface area (Å²) in [6.07, 6.45) is -2.73. The third kappa shape index (κ3) is 3.05.